The molecule has 0 spiro atoms. The second-order valence-electron chi connectivity index (χ2n) is 7.84. The maximum Gasteiger partial charge on any atom is 0.232 e. The van der Waals surface area contributed by atoms with Crippen LogP contribution < -0.4 is 14.7 Å². The van der Waals surface area contributed by atoms with Crippen LogP contribution in [-0.4, -0.2) is 17.3 Å². The van der Waals surface area contributed by atoms with Crippen LogP contribution in [0.3, 0.4) is 0 Å². The number of benzene rings is 1. The Morgan fingerprint density at radius 1 is 1.26 bits per heavy atom. The third-order valence-corrected chi connectivity index (χ3v) is 9.07. The molecule has 0 aromatic heterocycles. The summed E-state index contributed by atoms with van der Waals surface area (Å²) in [5, 5.41) is 0.303. The van der Waals surface area contributed by atoms with Gasteiger partial charge in [0.25, 0.3) is 0 Å². The van der Waals surface area contributed by atoms with E-state index >= 15 is 0 Å². The Hall–Kier alpha value is -0.120. The molecule has 0 fully saturated rings. The van der Waals surface area contributed by atoms with Gasteiger partial charge in [0.05, 0.1) is 17.3 Å². The van der Waals surface area contributed by atoms with Crippen LogP contribution in [0.5, 0.6) is 5.75 Å². The number of rotatable bonds is 2. The highest BCUT2D eigenvalue weighted by atomic mass is 127. The summed E-state index contributed by atoms with van der Waals surface area (Å²) in [4.78, 5) is 14.6. The summed E-state index contributed by atoms with van der Waals surface area (Å²) in [6.07, 6.45) is 0.257. The monoisotopic (exact) mass is 467 g/mol. The summed E-state index contributed by atoms with van der Waals surface area (Å²) in [5.74, 6) is 0.646. The highest BCUT2D eigenvalue weighted by molar-refractivity contribution is 14.2. The molecule has 4 nitrogen and oxygen atoms in total. The molecule has 23 heavy (non-hydrogen) atoms. The van der Waals surface area contributed by atoms with Gasteiger partial charge in [0.1, 0.15) is 19.3 Å². The van der Waals surface area contributed by atoms with E-state index in [2.05, 4.69) is 22.0 Å². The molecule has 1 amide bonds. The lowest BCUT2D eigenvalue weighted by molar-refractivity contribution is -0.125. The van der Waals surface area contributed by atoms with Crippen molar-refractivity contribution in [2.45, 2.75) is 46.7 Å². The second-order valence-corrected chi connectivity index (χ2v) is 13.1. The molecule has 0 aliphatic carbocycles. The molecule has 2 rings (SSSR count). The van der Waals surface area contributed by atoms with Crippen molar-refractivity contribution >= 4 is 52.5 Å². The minimum atomic E-state index is -2.81. The number of fused-ring (bicyclic) bond motifs is 1. The number of hydrogen-bond acceptors (Lipinski definition) is 3. The molecule has 0 radical (unpaired) electrons. The van der Waals surface area contributed by atoms with Gasteiger partial charge >= 0.3 is 0 Å². The number of nitrogens with zero attached hydrogens (tertiary/aromatic N) is 1. The Morgan fingerprint density at radius 3 is 2.35 bits per heavy atom. The van der Waals surface area contributed by atoms with Gasteiger partial charge in [-0.2, -0.15) is 0 Å². The number of amides is 1. The molecule has 7 heteroatoms. The fraction of sp³-hybridized carbons (Fsp3) is 0.562. The van der Waals surface area contributed by atoms with E-state index < -0.39 is 17.7 Å². The quantitative estimate of drug-likeness (QED) is 0.447. The zero-order valence-electron chi connectivity index (χ0n) is 14.4. The molecule has 1 heterocycles. The van der Waals surface area contributed by atoms with Gasteiger partial charge in [-0.15, -0.1) is 0 Å². The molecular weight excluding hydrogens is 443 g/mol. The summed E-state index contributed by atoms with van der Waals surface area (Å²) >= 11 is 2.16. The lowest BCUT2D eigenvalue weighted by Crippen LogP contribution is -2.38. The topological polar surface area (TPSA) is 46.6 Å². The fourth-order valence-electron chi connectivity index (χ4n) is 2.69. The van der Waals surface area contributed by atoms with Crippen molar-refractivity contribution in [2.24, 2.45) is 5.41 Å². The summed E-state index contributed by atoms with van der Waals surface area (Å²) in [5.41, 5.74) is 0.224. The Morgan fingerprint density at radius 2 is 1.87 bits per heavy atom. The van der Waals surface area contributed by atoms with Crippen LogP contribution in [-0.2, 0) is 9.36 Å². The number of carbonyl (C=O) groups is 1. The molecule has 1 aromatic carbocycles. The molecule has 0 saturated heterocycles. The lowest BCUT2D eigenvalue weighted by atomic mass is 9.95. The van der Waals surface area contributed by atoms with E-state index in [1.54, 1.807) is 4.90 Å². The Labute approximate surface area is 153 Å². The van der Waals surface area contributed by atoms with Crippen molar-refractivity contribution in [3.05, 3.63) is 18.2 Å². The van der Waals surface area contributed by atoms with Gasteiger partial charge in [-0.3, -0.25) is 4.79 Å². The van der Waals surface area contributed by atoms with E-state index in [1.165, 1.54) is 0 Å². The van der Waals surface area contributed by atoms with Gasteiger partial charge in [0, 0.05) is 10.6 Å². The predicted molar refractivity (Wildman–Crippen MR) is 108 cm³/mol. The summed E-state index contributed by atoms with van der Waals surface area (Å²) in [7, 11) is -2.81. The van der Waals surface area contributed by atoms with Gasteiger partial charge in [0.2, 0.25) is 5.91 Å². The highest BCUT2D eigenvalue weighted by Gasteiger charge is 2.51. The molecule has 2 unspecified atom stereocenters. The van der Waals surface area contributed by atoms with E-state index in [1.807, 2.05) is 59.7 Å². The van der Waals surface area contributed by atoms with E-state index in [4.69, 9.17) is 4.52 Å². The summed E-state index contributed by atoms with van der Waals surface area (Å²) < 4.78 is 19.7. The zero-order valence-corrected chi connectivity index (χ0v) is 18.5. The number of carbonyl (C=O) groups excluding carboxylic acids is 1. The molecule has 0 N–H and O–H groups in total. The van der Waals surface area contributed by atoms with Crippen molar-refractivity contribution in [3.8, 4) is 5.75 Å². The minimum absolute atomic E-state index is 0.00482. The molecule has 128 valence electrons. The molecule has 1 aromatic rings. The van der Waals surface area contributed by atoms with Gasteiger partial charge in [-0.25, -0.2) is 0 Å². The smallest absolute Gasteiger partial charge is 0.232 e. The molecular formula is C16H24INO3P2. The molecule has 0 bridgehead atoms. The van der Waals surface area contributed by atoms with E-state index in [9.17, 15) is 9.36 Å². The predicted octanol–water partition coefficient (Wildman–Crippen LogP) is 5.15. The van der Waals surface area contributed by atoms with Crippen molar-refractivity contribution in [2.75, 3.05) is 11.2 Å². The molecule has 2 atom stereocenters. The zero-order chi connectivity index (χ0) is 17.6. The Bertz CT molecular complexity index is 677. The lowest BCUT2D eigenvalue weighted by Gasteiger charge is -2.30. The highest BCUT2D eigenvalue weighted by Crippen LogP contribution is 2.64. The van der Waals surface area contributed by atoms with Crippen LogP contribution in [0.4, 0.5) is 5.69 Å². The van der Waals surface area contributed by atoms with Crippen LogP contribution in [0.25, 0.3) is 0 Å². The molecule has 1 aliphatic rings. The van der Waals surface area contributed by atoms with Crippen LogP contribution >= 0.6 is 35.6 Å². The van der Waals surface area contributed by atoms with E-state index in [0.717, 1.165) is 11.0 Å². The second kappa shape index (κ2) is 6.31. The minimum Gasteiger partial charge on any atom is -0.466 e. The van der Waals surface area contributed by atoms with Gasteiger partial charge in [-0.1, -0.05) is 47.6 Å². The number of hydrogen-bond donors (Lipinski definition) is 0. The van der Waals surface area contributed by atoms with Crippen molar-refractivity contribution < 1.29 is 13.9 Å². The standard InChI is InChI=1S/C16H24INO3P2/c1-15(2,3)14(19)18-10-23(20,16(4,5)6)13-11(18)8-7-9-12(13)21-22-17/h7-9,22H,10H2,1-6H3. The first-order valence-corrected chi connectivity index (χ1v) is 13.4. The van der Waals surface area contributed by atoms with Crippen molar-refractivity contribution in [1.82, 2.24) is 0 Å². The first-order valence-electron chi connectivity index (χ1n) is 7.50. The van der Waals surface area contributed by atoms with Gasteiger partial charge < -0.3 is 14.0 Å². The largest absolute Gasteiger partial charge is 0.466 e. The summed E-state index contributed by atoms with van der Waals surface area (Å²) in [6, 6.07) is 5.60. The van der Waals surface area contributed by atoms with Gasteiger partial charge in [-0.05, 0) is 34.2 Å². The van der Waals surface area contributed by atoms with Crippen LogP contribution in [0, 0.1) is 5.41 Å². The van der Waals surface area contributed by atoms with E-state index in [-0.39, 0.29) is 18.6 Å². The normalized spacial score (nSPS) is 21.8. The van der Waals surface area contributed by atoms with Crippen LogP contribution in [0.1, 0.15) is 41.5 Å². The van der Waals surface area contributed by atoms with Gasteiger partial charge in [0.15, 0.2) is 0 Å². The Balaban J connectivity index is 2.69. The summed E-state index contributed by atoms with van der Waals surface area (Å²) in [6.45, 7) is 11.8. The average molecular weight is 467 g/mol. The first kappa shape index (κ1) is 19.2. The number of halogens is 1. The Kier molecular flexibility index (Phi) is 5.27. The molecule has 1 aliphatic heterocycles. The SMILES string of the molecule is CC(C)(C)C(=O)N1CP(=O)(C(C)(C)C)c2c(OPI)cccc21. The molecule has 0 saturated carbocycles. The first-order chi connectivity index (χ1) is 10.4. The maximum absolute atomic E-state index is 13.9. The number of anilines is 1. The van der Waals surface area contributed by atoms with Crippen LogP contribution in [0.2, 0.25) is 0 Å². The third-order valence-electron chi connectivity index (χ3n) is 4.09. The van der Waals surface area contributed by atoms with Crippen LogP contribution in [0.15, 0.2) is 18.2 Å². The fourth-order valence-corrected chi connectivity index (χ4v) is 6.70. The average Bonchev–Trinajstić information content (AvgIpc) is 2.73. The maximum atomic E-state index is 13.9. The van der Waals surface area contributed by atoms with Crippen molar-refractivity contribution in [1.29, 1.82) is 0 Å². The third kappa shape index (κ3) is 3.34. The van der Waals surface area contributed by atoms with E-state index in [0.29, 0.717) is 5.75 Å². The van der Waals surface area contributed by atoms with Crippen molar-refractivity contribution in [3.63, 3.8) is 0 Å².